The van der Waals surface area contributed by atoms with Crippen LogP contribution < -0.4 is 0 Å². The van der Waals surface area contributed by atoms with Crippen molar-refractivity contribution in [2.75, 3.05) is 0 Å². The first-order chi connectivity index (χ1) is 11.2. The minimum absolute atomic E-state index is 1.02. The highest BCUT2D eigenvalue weighted by Gasteiger charge is 2.47. The van der Waals surface area contributed by atoms with E-state index in [0.717, 1.165) is 35.5 Å². The second-order valence-corrected chi connectivity index (χ2v) is 9.06. The highest BCUT2D eigenvalue weighted by molar-refractivity contribution is 4.96. The molecule has 3 aliphatic rings. The summed E-state index contributed by atoms with van der Waals surface area (Å²) in [4.78, 5) is 0. The van der Waals surface area contributed by atoms with E-state index < -0.39 is 0 Å². The highest BCUT2D eigenvalue weighted by Crippen LogP contribution is 2.55. The molecule has 0 aromatic heterocycles. The fraction of sp³-hybridized carbons (Fsp3) is 1.00. The summed E-state index contributed by atoms with van der Waals surface area (Å²) >= 11 is 0. The van der Waals surface area contributed by atoms with Gasteiger partial charge in [-0.2, -0.15) is 0 Å². The van der Waals surface area contributed by atoms with Gasteiger partial charge in [0.1, 0.15) is 0 Å². The lowest BCUT2D eigenvalue weighted by Gasteiger charge is -2.49. The first-order valence-electron chi connectivity index (χ1n) is 11.2. The van der Waals surface area contributed by atoms with E-state index >= 15 is 0 Å². The monoisotopic (exact) mass is 320 g/mol. The lowest BCUT2D eigenvalue weighted by molar-refractivity contribution is 0.00254. The van der Waals surface area contributed by atoms with Crippen LogP contribution in [0.4, 0.5) is 0 Å². The number of fused-ring (bicyclic) bond motifs is 1. The molecule has 3 aliphatic carbocycles. The van der Waals surface area contributed by atoms with Gasteiger partial charge >= 0.3 is 0 Å². The molecule has 0 heterocycles. The minimum Gasteiger partial charge on any atom is -0.0656 e. The van der Waals surface area contributed by atoms with E-state index in [-0.39, 0.29) is 0 Å². The van der Waals surface area contributed by atoms with Crippen molar-refractivity contribution in [2.24, 2.45) is 35.5 Å². The molecule has 0 N–H and O–H groups in total. The molecule has 0 nitrogen and oxygen atoms in total. The van der Waals surface area contributed by atoms with E-state index in [1.807, 2.05) is 0 Å². The molecular formula is C23H44. The zero-order valence-corrected chi connectivity index (χ0v) is 16.7. The van der Waals surface area contributed by atoms with Gasteiger partial charge in [0.05, 0.1) is 0 Å². The molecule has 0 radical (unpaired) electrons. The lowest BCUT2D eigenvalue weighted by atomic mass is 9.56. The molecular weight excluding hydrogens is 276 g/mol. The van der Waals surface area contributed by atoms with Crippen molar-refractivity contribution in [2.45, 2.75) is 111 Å². The third-order valence-electron chi connectivity index (χ3n) is 7.20. The van der Waals surface area contributed by atoms with Crippen LogP contribution in [0.2, 0.25) is 0 Å². The largest absolute Gasteiger partial charge is 0.0656 e. The van der Waals surface area contributed by atoms with Crippen LogP contribution >= 0.6 is 0 Å². The van der Waals surface area contributed by atoms with Crippen LogP contribution in [0.15, 0.2) is 0 Å². The number of hydrogen-bond donors (Lipinski definition) is 0. The zero-order valence-electron chi connectivity index (χ0n) is 16.7. The first-order valence-corrected chi connectivity index (χ1v) is 11.2. The van der Waals surface area contributed by atoms with Crippen molar-refractivity contribution < 1.29 is 0 Å². The standard InChI is InChI=1S/C20H36.C3H8/c1-3-4-12-18-15(2)14-17-11-8-13-19(17)20(18)16-9-6-5-7-10-16;1-3-2/h15-20H,3-14H2,1-2H3;3H2,1-2H3. The molecule has 3 fully saturated rings. The number of hydrogen-bond acceptors (Lipinski definition) is 0. The summed E-state index contributed by atoms with van der Waals surface area (Å²) in [5.41, 5.74) is 0. The average Bonchev–Trinajstić information content (AvgIpc) is 3.01. The minimum atomic E-state index is 1.02. The summed E-state index contributed by atoms with van der Waals surface area (Å²) in [5.74, 6) is 6.59. The average molecular weight is 321 g/mol. The van der Waals surface area contributed by atoms with Gasteiger partial charge in [-0.25, -0.2) is 0 Å². The molecule has 0 spiro atoms. The molecule has 0 heteroatoms. The van der Waals surface area contributed by atoms with Gasteiger partial charge in [0.2, 0.25) is 0 Å². The summed E-state index contributed by atoms with van der Waals surface area (Å²) in [6, 6.07) is 0. The maximum Gasteiger partial charge on any atom is -0.0324 e. The Bertz CT molecular complexity index is 301. The topological polar surface area (TPSA) is 0 Å². The Balaban J connectivity index is 0.000000595. The summed E-state index contributed by atoms with van der Waals surface area (Å²) in [7, 11) is 0. The molecule has 3 saturated carbocycles. The molecule has 0 aliphatic heterocycles. The smallest absolute Gasteiger partial charge is 0.0324 e. The van der Waals surface area contributed by atoms with Gasteiger partial charge in [-0.05, 0) is 54.8 Å². The Labute approximate surface area is 147 Å². The molecule has 23 heavy (non-hydrogen) atoms. The van der Waals surface area contributed by atoms with Crippen molar-refractivity contribution in [1.29, 1.82) is 0 Å². The fourth-order valence-electron chi connectivity index (χ4n) is 6.35. The zero-order chi connectivity index (χ0) is 16.7. The Morgan fingerprint density at radius 1 is 0.783 bits per heavy atom. The first kappa shape index (κ1) is 19.3. The van der Waals surface area contributed by atoms with Crippen LogP contribution in [0.1, 0.15) is 111 Å². The second-order valence-electron chi connectivity index (χ2n) is 9.06. The van der Waals surface area contributed by atoms with E-state index in [4.69, 9.17) is 0 Å². The summed E-state index contributed by atoms with van der Waals surface area (Å²) in [6.45, 7) is 9.23. The van der Waals surface area contributed by atoms with Gasteiger partial charge in [-0.15, -0.1) is 0 Å². The predicted molar refractivity (Wildman–Crippen MR) is 104 cm³/mol. The molecule has 5 atom stereocenters. The Kier molecular flexibility index (Phi) is 8.48. The summed E-state index contributed by atoms with van der Waals surface area (Å²) in [5, 5.41) is 0. The van der Waals surface area contributed by atoms with E-state index in [0.29, 0.717) is 0 Å². The number of rotatable bonds is 4. The van der Waals surface area contributed by atoms with Crippen LogP contribution in [0.25, 0.3) is 0 Å². The molecule has 5 unspecified atom stereocenters. The Hall–Kier alpha value is 0. The van der Waals surface area contributed by atoms with Crippen LogP contribution in [0.3, 0.4) is 0 Å². The maximum atomic E-state index is 2.60. The highest BCUT2D eigenvalue weighted by atomic mass is 14.5. The normalized spacial score (nSPS) is 37.8. The lowest BCUT2D eigenvalue weighted by Crippen LogP contribution is -2.41. The van der Waals surface area contributed by atoms with Crippen molar-refractivity contribution in [3.05, 3.63) is 0 Å². The van der Waals surface area contributed by atoms with Gasteiger partial charge in [-0.1, -0.05) is 91.9 Å². The van der Waals surface area contributed by atoms with Crippen molar-refractivity contribution in [3.8, 4) is 0 Å². The Morgan fingerprint density at radius 3 is 2.09 bits per heavy atom. The van der Waals surface area contributed by atoms with Crippen LogP contribution in [0.5, 0.6) is 0 Å². The second kappa shape index (κ2) is 10.1. The van der Waals surface area contributed by atoms with E-state index in [2.05, 4.69) is 27.7 Å². The summed E-state index contributed by atoms with van der Waals surface area (Å²) in [6.07, 6.45) is 19.7. The maximum absolute atomic E-state index is 2.60. The predicted octanol–water partition coefficient (Wildman–Crippen LogP) is 7.86. The van der Waals surface area contributed by atoms with Crippen molar-refractivity contribution in [3.63, 3.8) is 0 Å². The van der Waals surface area contributed by atoms with Crippen molar-refractivity contribution in [1.82, 2.24) is 0 Å². The molecule has 136 valence electrons. The van der Waals surface area contributed by atoms with E-state index in [9.17, 15) is 0 Å². The molecule has 3 rings (SSSR count). The quantitative estimate of drug-likeness (QED) is 0.494. The van der Waals surface area contributed by atoms with Gasteiger partial charge < -0.3 is 0 Å². The van der Waals surface area contributed by atoms with E-state index in [1.165, 1.54) is 38.5 Å². The third-order valence-corrected chi connectivity index (χ3v) is 7.20. The van der Waals surface area contributed by atoms with Crippen LogP contribution in [-0.4, -0.2) is 0 Å². The number of unbranched alkanes of at least 4 members (excludes halogenated alkanes) is 1. The fourth-order valence-corrected chi connectivity index (χ4v) is 6.35. The van der Waals surface area contributed by atoms with Crippen LogP contribution in [0, 0.1) is 35.5 Å². The van der Waals surface area contributed by atoms with Gasteiger partial charge in [0.15, 0.2) is 0 Å². The molecule has 0 aromatic rings. The van der Waals surface area contributed by atoms with Gasteiger partial charge in [-0.3, -0.25) is 0 Å². The molecule has 0 saturated heterocycles. The van der Waals surface area contributed by atoms with Crippen molar-refractivity contribution >= 4 is 0 Å². The van der Waals surface area contributed by atoms with E-state index in [1.54, 1.807) is 44.9 Å². The van der Waals surface area contributed by atoms with Gasteiger partial charge in [0, 0.05) is 0 Å². The molecule has 0 bridgehead atoms. The third kappa shape index (κ3) is 4.99. The summed E-state index contributed by atoms with van der Waals surface area (Å²) < 4.78 is 0. The molecule has 0 amide bonds. The SMILES string of the molecule is CCC.CCCCC1C(C)CC2CCCC2C1C1CCCCC1. The Morgan fingerprint density at radius 2 is 1.43 bits per heavy atom. The van der Waals surface area contributed by atoms with Crippen LogP contribution in [-0.2, 0) is 0 Å². The van der Waals surface area contributed by atoms with Gasteiger partial charge in [0.25, 0.3) is 0 Å². The molecule has 0 aromatic carbocycles.